The first-order valence-electron chi connectivity index (χ1n) is 8.22. The van der Waals surface area contributed by atoms with Gasteiger partial charge in [0, 0.05) is 0 Å². The lowest BCUT2D eigenvalue weighted by molar-refractivity contribution is 0.540. The lowest BCUT2D eigenvalue weighted by atomic mass is 10.1. The predicted octanol–water partition coefficient (Wildman–Crippen LogP) is 6.84. The lowest BCUT2D eigenvalue weighted by Gasteiger charge is -2.01. The fraction of sp³-hybridized carbons (Fsp3) is 0.684. The summed E-state index contributed by atoms with van der Waals surface area (Å²) in [7, 11) is 0. The Morgan fingerprint density at radius 3 is 1.74 bits per heavy atom. The standard InChI is InChI=1S/C19H34/c1-4-5-6-7-8-9-10-11-12-13-14-15-16-17-18-19(2)3/h7-8,10-11,13-14,19H,4-6,9,12,15-18H2,1-3H3/b8-7-,11-10-,14-13-. The molecule has 0 aromatic carbocycles. The molecule has 0 aliphatic heterocycles. The maximum atomic E-state index is 2.34. The maximum absolute atomic E-state index is 2.34. The van der Waals surface area contributed by atoms with Crippen LogP contribution in [0.1, 0.15) is 78.6 Å². The molecule has 0 atom stereocenters. The highest BCUT2D eigenvalue weighted by molar-refractivity contribution is 4.97. The van der Waals surface area contributed by atoms with E-state index in [1.807, 2.05) is 0 Å². The fourth-order valence-corrected chi connectivity index (χ4v) is 1.91. The van der Waals surface area contributed by atoms with Crippen molar-refractivity contribution in [3.63, 3.8) is 0 Å². The van der Waals surface area contributed by atoms with Crippen molar-refractivity contribution in [2.75, 3.05) is 0 Å². The van der Waals surface area contributed by atoms with Crippen molar-refractivity contribution in [1.82, 2.24) is 0 Å². The van der Waals surface area contributed by atoms with Gasteiger partial charge in [-0.2, -0.15) is 0 Å². The second kappa shape index (κ2) is 15.3. The summed E-state index contributed by atoms with van der Waals surface area (Å²) in [6.07, 6.45) is 25.1. The molecule has 0 aliphatic carbocycles. The molecule has 0 unspecified atom stereocenters. The third-order valence-electron chi connectivity index (χ3n) is 3.17. The summed E-state index contributed by atoms with van der Waals surface area (Å²) in [4.78, 5) is 0. The van der Waals surface area contributed by atoms with Crippen LogP contribution in [0.2, 0.25) is 0 Å². The molecule has 0 aromatic rings. The molecule has 0 spiro atoms. The van der Waals surface area contributed by atoms with E-state index in [1.165, 1.54) is 44.9 Å². The average molecular weight is 262 g/mol. The molecular weight excluding hydrogens is 228 g/mol. The van der Waals surface area contributed by atoms with E-state index in [9.17, 15) is 0 Å². The van der Waals surface area contributed by atoms with Gasteiger partial charge in [-0.3, -0.25) is 0 Å². The van der Waals surface area contributed by atoms with Gasteiger partial charge < -0.3 is 0 Å². The molecule has 0 fully saturated rings. The number of hydrogen-bond donors (Lipinski definition) is 0. The first kappa shape index (κ1) is 18.2. The first-order valence-corrected chi connectivity index (χ1v) is 8.22. The van der Waals surface area contributed by atoms with E-state index >= 15 is 0 Å². The van der Waals surface area contributed by atoms with Gasteiger partial charge in [0.05, 0.1) is 0 Å². The van der Waals surface area contributed by atoms with Gasteiger partial charge in [-0.1, -0.05) is 82.9 Å². The molecule has 0 heterocycles. The van der Waals surface area contributed by atoms with E-state index in [0.29, 0.717) is 0 Å². The van der Waals surface area contributed by atoms with Crippen molar-refractivity contribution >= 4 is 0 Å². The minimum absolute atomic E-state index is 0.859. The number of hydrogen-bond acceptors (Lipinski definition) is 0. The van der Waals surface area contributed by atoms with Crippen LogP contribution in [0.25, 0.3) is 0 Å². The Morgan fingerprint density at radius 2 is 1.21 bits per heavy atom. The van der Waals surface area contributed by atoms with Gasteiger partial charge in [-0.05, 0) is 38.0 Å². The molecule has 0 aliphatic rings. The molecule has 0 nitrogen and oxygen atoms in total. The largest absolute Gasteiger partial charge is 0.0882 e. The van der Waals surface area contributed by atoms with E-state index in [2.05, 4.69) is 57.2 Å². The molecule has 0 rings (SSSR count). The van der Waals surface area contributed by atoms with E-state index in [1.54, 1.807) is 0 Å². The van der Waals surface area contributed by atoms with Crippen LogP contribution in [-0.4, -0.2) is 0 Å². The highest BCUT2D eigenvalue weighted by Crippen LogP contribution is 2.08. The second-order valence-electron chi connectivity index (χ2n) is 5.71. The normalized spacial score (nSPS) is 12.6. The Kier molecular flexibility index (Phi) is 14.7. The molecule has 0 heteroatoms. The van der Waals surface area contributed by atoms with Gasteiger partial charge in [-0.25, -0.2) is 0 Å². The van der Waals surface area contributed by atoms with E-state index in [-0.39, 0.29) is 0 Å². The molecule has 0 aromatic heterocycles. The predicted molar refractivity (Wildman–Crippen MR) is 89.5 cm³/mol. The summed E-state index contributed by atoms with van der Waals surface area (Å²) in [5, 5.41) is 0. The zero-order valence-corrected chi connectivity index (χ0v) is 13.4. The maximum Gasteiger partial charge on any atom is -0.0169 e. The Bertz CT molecular complexity index is 243. The zero-order valence-electron chi connectivity index (χ0n) is 13.4. The van der Waals surface area contributed by atoms with Crippen LogP contribution in [0.3, 0.4) is 0 Å². The number of rotatable bonds is 12. The van der Waals surface area contributed by atoms with Crippen LogP contribution in [0.4, 0.5) is 0 Å². The minimum Gasteiger partial charge on any atom is -0.0882 e. The fourth-order valence-electron chi connectivity index (χ4n) is 1.91. The average Bonchev–Trinajstić information content (AvgIpc) is 2.39. The molecule has 0 saturated carbocycles. The lowest BCUT2D eigenvalue weighted by Crippen LogP contribution is -1.85. The molecule has 0 saturated heterocycles. The quantitative estimate of drug-likeness (QED) is 0.267. The van der Waals surface area contributed by atoms with Gasteiger partial charge in [0.1, 0.15) is 0 Å². The van der Waals surface area contributed by atoms with Crippen molar-refractivity contribution in [3.05, 3.63) is 36.5 Å². The molecule has 0 bridgehead atoms. The van der Waals surface area contributed by atoms with Crippen LogP contribution in [0.5, 0.6) is 0 Å². The van der Waals surface area contributed by atoms with Gasteiger partial charge in [0.15, 0.2) is 0 Å². The summed E-state index contributed by atoms with van der Waals surface area (Å²) < 4.78 is 0. The van der Waals surface area contributed by atoms with Crippen molar-refractivity contribution < 1.29 is 0 Å². The molecule has 0 amide bonds. The molecule has 110 valence electrons. The van der Waals surface area contributed by atoms with Crippen molar-refractivity contribution in [1.29, 1.82) is 0 Å². The minimum atomic E-state index is 0.859. The highest BCUT2D eigenvalue weighted by atomic mass is 14.0. The van der Waals surface area contributed by atoms with Crippen LogP contribution in [-0.2, 0) is 0 Å². The summed E-state index contributed by atoms with van der Waals surface area (Å²) in [5.74, 6) is 0.859. The highest BCUT2D eigenvalue weighted by Gasteiger charge is 1.91. The Balaban J connectivity index is 3.29. The van der Waals surface area contributed by atoms with Gasteiger partial charge in [0.25, 0.3) is 0 Å². The third-order valence-corrected chi connectivity index (χ3v) is 3.17. The van der Waals surface area contributed by atoms with Gasteiger partial charge in [-0.15, -0.1) is 0 Å². The van der Waals surface area contributed by atoms with Crippen molar-refractivity contribution in [3.8, 4) is 0 Å². The van der Waals surface area contributed by atoms with E-state index in [4.69, 9.17) is 0 Å². The second-order valence-corrected chi connectivity index (χ2v) is 5.71. The Morgan fingerprint density at radius 1 is 0.684 bits per heavy atom. The third kappa shape index (κ3) is 17.2. The van der Waals surface area contributed by atoms with Crippen molar-refractivity contribution in [2.45, 2.75) is 78.6 Å². The van der Waals surface area contributed by atoms with Gasteiger partial charge in [0.2, 0.25) is 0 Å². The van der Waals surface area contributed by atoms with Crippen LogP contribution in [0.15, 0.2) is 36.5 Å². The van der Waals surface area contributed by atoms with Crippen LogP contribution in [0, 0.1) is 5.92 Å². The molecule has 0 radical (unpaired) electrons. The Labute approximate surface area is 121 Å². The van der Waals surface area contributed by atoms with E-state index in [0.717, 1.165) is 18.8 Å². The summed E-state index contributed by atoms with van der Waals surface area (Å²) >= 11 is 0. The SMILES string of the molecule is CCCC/C=C\C/C=C\C/C=C\CCCCC(C)C. The number of unbranched alkanes of at least 4 members (excludes halogenated alkanes) is 4. The molecular formula is C19H34. The number of allylic oxidation sites excluding steroid dienone is 6. The van der Waals surface area contributed by atoms with Crippen molar-refractivity contribution in [2.24, 2.45) is 5.92 Å². The summed E-state index contributed by atoms with van der Waals surface area (Å²) in [6, 6.07) is 0. The molecule has 19 heavy (non-hydrogen) atoms. The Hall–Kier alpha value is -0.780. The van der Waals surface area contributed by atoms with Crippen LogP contribution >= 0.6 is 0 Å². The monoisotopic (exact) mass is 262 g/mol. The topological polar surface area (TPSA) is 0 Å². The van der Waals surface area contributed by atoms with E-state index < -0.39 is 0 Å². The molecule has 0 N–H and O–H groups in total. The first-order chi connectivity index (χ1) is 9.27. The zero-order chi connectivity index (χ0) is 14.2. The van der Waals surface area contributed by atoms with Crippen LogP contribution < -0.4 is 0 Å². The summed E-state index contributed by atoms with van der Waals surface area (Å²) in [5.41, 5.74) is 0. The smallest absolute Gasteiger partial charge is 0.0169 e. The van der Waals surface area contributed by atoms with Gasteiger partial charge >= 0.3 is 0 Å². The summed E-state index contributed by atoms with van der Waals surface area (Å²) in [6.45, 7) is 6.84.